The zero-order chi connectivity index (χ0) is 18.6. The Balaban J connectivity index is 2.29. The minimum Gasteiger partial charge on any atom is -0.358 e. The molecule has 2 rings (SSSR count). The number of nitrogens with zero attached hydrogens (tertiary/aromatic N) is 3. The quantitative estimate of drug-likeness (QED) is 0.661. The molecular formula is C18H20N4O3. The Morgan fingerprint density at radius 3 is 2.68 bits per heavy atom. The van der Waals surface area contributed by atoms with Crippen LogP contribution in [0.5, 0.6) is 0 Å². The van der Waals surface area contributed by atoms with Crippen molar-refractivity contribution >= 4 is 11.7 Å². The molecule has 0 aliphatic heterocycles. The van der Waals surface area contributed by atoms with E-state index in [0.717, 1.165) is 0 Å². The van der Waals surface area contributed by atoms with E-state index in [4.69, 9.17) is 9.78 Å². The summed E-state index contributed by atoms with van der Waals surface area (Å²) in [4.78, 5) is 28.4. The van der Waals surface area contributed by atoms with Crippen molar-refractivity contribution in [2.45, 2.75) is 27.2 Å². The Bertz CT molecular complexity index is 827. The number of ketones is 1. The highest BCUT2D eigenvalue weighted by Gasteiger charge is 2.27. The lowest BCUT2D eigenvalue weighted by Gasteiger charge is -2.13. The fourth-order valence-corrected chi connectivity index (χ4v) is 2.26. The molecule has 7 heteroatoms. The van der Waals surface area contributed by atoms with Crippen LogP contribution < -0.4 is 5.32 Å². The number of nitrogens with one attached hydrogen (secondary N) is 1. The molecule has 25 heavy (non-hydrogen) atoms. The lowest BCUT2D eigenvalue weighted by Crippen LogP contribution is -2.32. The first-order valence-corrected chi connectivity index (χ1v) is 7.83. The second-order valence-corrected chi connectivity index (χ2v) is 6.87. The van der Waals surface area contributed by atoms with Crippen LogP contribution in [0.15, 0.2) is 28.8 Å². The van der Waals surface area contributed by atoms with Crippen LogP contribution >= 0.6 is 0 Å². The Morgan fingerprint density at radius 1 is 1.36 bits per heavy atom. The Hall–Kier alpha value is -3.01. The van der Waals surface area contributed by atoms with E-state index in [9.17, 15) is 9.59 Å². The Labute approximate surface area is 146 Å². The third kappa shape index (κ3) is 4.51. The highest BCUT2D eigenvalue weighted by atomic mass is 16.5. The van der Waals surface area contributed by atoms with E-state index < -0.39 is 17.6 Å². The first-order valence-electron chi connectivity index (χ1n) is 7.83. The molecule has 1 heterocycles. The first kappa shape index (κ1) is 18.3. The molecule has 1 atom stereocenters. The van der Waals surface area contributed by atoms with Crippen LogP contribution in [0, 0.1) is 22.7 Å². The summed E-state index contributed by atoms with van der Waals surface area (Å²) in [6.07, 6.45) is 0.631. The molecule has 1 amide bonds. The van der Waals surface area contributed by atoms with Crippen molar-refractivity contribution in [1.82, 2.24) is 15.5 Å². The molecule has 0 saturated carbocycles. The van der Waals surface area contributed by atoms with Gasteiger partial charge < -0.3 is 9.84 Å². The Morgan fingerprint density at radius 2 is 2.08 bits per heavy atom. The lowest BCUT2D eigenvalue weighted by atomic mass is 9.92. The molecule has 130 valence electrons. The average Bonchev–Trinajstić information content (AvgIpc) is 3.01. The number of amides is 1. The maximum absolute atomic E-state index is 12.4. The van der Waals surface area contributed by atoms with Gasteiger partial charge >= 0.3 is 0 Å². The fourth-order valence-electron chi connectivity index (χ4n) is 2.26. The molecular weight excluding hydrogens is 320 g/mol. The summed E-state index contributed by atoms with van der Waals surface area (Å²) < 4.78 is 5.26. The molecule has 1 unspecified atom stereocenters. The number of hydrogen-bond donors (Lipinski definition) is 1. The molecule has 0 spiro atoms. The molecule has 0 fully saturated rings. The summed E-state index contributed by atoms with van der Waals surface area (Å²) in [5.41, 5.74) is 0.841. The van der Waals surface area contributed by atoms with E-state index in [-0.39, 0.29) is 11.0 Å². The van der Waals surface area contributed by atoms with E-state index in [1.54, 1.807) is 30.3 Å². The number of Topliss-reactive ketones (excluding diaryl/α,β-unsaturated/α-hetero) is 1. The number of aromatic nitrogens is 2. The minimum absolute atomic E-state index is 0.00908. The van der Waals surface area contributed by atoms with Crippen molar-refractivity contribution in [3.05, 3.63) is 35.7 Å². The molecule has 1 aromatic carbocycles. The number of nitriles is 1. The summed E-state index contributed by atoms with van der Waals surface area (Å²) in [6.45, 7) is 6.20. The molecule has 0 aliphatic rings. The molecule has 0 saturated heterocycles. The van der Waals surface area contributed by atoms with E-state index >= 15 is 0 Å². The molecule has 0 radical (unpaired) electrons. The van der Waals surface area contributed by atoms with Crippen LogP contribution in [-0.4, -0.2) is 28.9 Å². The van der Waals surface area contributed by atoms with Crippen LogP contribution in [0.3, 0.4) is 0 Å². The zero-order valence-corrected chi connectivity index (χ0v) is 14.7. The van der Waals surface area contributed by atoms with Crippen molar-refractivity contribution in [2.75, 3.05) is 7.05 Å². The monoisotopic (exact) mass is 340 g/mol. The summed E-state index contributed by atoms with van der Waals surface area (Å²) in [6, 6.07) is 8.23. The normalized spacial score (nSPS) is 12.3. The van der Waals surface area contributed by atoms with Gasteiger partial charge in [-0.1, -0.05) is 44.1 Å². The highest BCUT2D eigenvalue weighted by Crippen LogP contribution is 2.23. The van der Waals surface area contributed by atoms with Gasteiger partial charge in [-0.05, 0) is 11.5 Å². The van der Waals surface area contributed by atoms with Crippen molar-refractivity contribution in [1.29, 1.82) is 5.26 Å². The lowest BCUT2D eigenvalue weighted by molar-refractivity contribution is -0.121. The van der Waals surface area contributed by atoms with Gasteiger partial charge in [-0.3, -0.25) is 9.59 Å². The van der Waals surface area contributed by atoms with Gasteiger partial charge in [0.25, 0.3) is 0 Å². The second-order valence-electron chi connectivity index (χ2n) is 6.87. The topological polar surface area (TPSA) is 109 Å². The van der Waals surface area contributed by atoms with Crippen molar-refractivity contribution in [3.63, 3.8) is 0 Å². The summed E-state index contributed by atoms with van der Waals surface area (Å²) in [5.74, 6) is -1.71. The van der Waals surface area contributed by atoms with Gasteiger partial charge in [-0.15, -0.1) is 0 Å². The van der Waals surface area contributed by atoms with Gasteiger partial charge in [0.15, 0.2) is 11.7 Å². The van der Waals surface area contributed by atoms with Crippen LogP contribution in [0.25, 0.3) is 11.4 Å². The predicted octanol–water partition coefficient (Wildman–Crippen LogP) is 2.39. The molecule has 0 aliphatic carbocycles. The van der Waals surface area contributed by atoms with E-state index in [2.05, 4.69) is 36.2 Å². The summed E-state index contributed by atoms with van der Waals surface area (Å²) >= 11 is 0. The third-order valence-electron chi connectivity index (χ3n) is 3.45. The van der Waals surface area contributed by atoms with Gasteiger partial charge in [0, 0.05) is 24.6 Å². The number of carbonyl (C=O) groups excluding carboxylic acids is 2. The number of benzene rings is 1. The maximum atomic E-state index is 12.4. The molecule has 1 N–H and O–H groups in total. The highest BCUT2D eigenvalue weighted by molar-refractivity contribution is 6.12. The molecule has 7 nitrogen and oxygen atoms in total. The van der Waals surface area contributed by atoms with Crippen molar-refractivity contribution in [3.8, 4) is 17.5 Å². The number of rotatable bonds is 5. The molecule has 2 aromatic rings. The maximum Gasteiger partial charge on any atom is 0.245 e. The Kier molecular flexibility index (Phi) is 5.32. The van der Waals surface area contributed by atoms with Crippen molar-refractivity contribution in [2.24, 2.45) is 11.3 Å². The standard InChI is InChI=1S/C18H20N4O3/c1-18(2,3)9-14-21-16(22-25-14)12-7-5-6-11(8-12)15(23)13(10-19)17(24)20-4/h5-8,13H,9H2,1-4H3,(H,20,24). The predicted molar refractivity (Wildman–Crippen MR) is 90.4 cm³/mol. The number of hydrogen-bond acceptors (Lipinski definition) is 6. The van der Waals surface area contributed by atoms with Crippen molar-refractivity contribution < 1.29 is 14.1 Å². The fraction of sp³-hybridized carbons (Fsp3) is 0.389. The number of carbonyl (C=O) groups is 2. The van der Waals surface area contributed by atoms with Crippen LogP contribution in [0.2, 0.25) is 0 Å². The smallest absolute Gasteiger partial charge is 0.245 e. The van der Waals surface area contributed by atoms with E-state index in [0.29, 0.717) is 23.7 Å². The summed E-state index contributed by atoms with van der Waals surface area (Å²) in [7, 11) is 1.38. The molecule has 1 aromatic heterocycles. The first-order chi connectivity index (χ1) is 11.7. The van der Waals surface area contributed by atoms with Crippen LogP contribution in [0.4, 0.5) is 0 Å². The molecule has 0 bridgehead atoms. The van der Waals surface area contributed by atoms with Crippen LogP contribution in [0.1, 0.15) is 37.0 Å². The second kappa shape index (κ2) is 7.26. The van der Waals surface area contributed by atoms with E-state index in [1.807, 2.05) is 0 Å². The van der Waals surface area contributed by atoms with Gasteiger partial charge in [0.1, 0.15) is 0 Å². The van der Waals surface area contributed by atoms with Crippen LogP contribution in [-0.2, 0) is 11.2 Å². The minimum atomic E-state index is -1.39. The summed E-state index contributed by atoms with van der Waals surface area (Å²) in [5, 5.41) is 15.3. The average molecular weight is 340 g/mol. The third-order valence-corrected chi connectivity index (χ3v) is 3.45. The van der Waals surface area contributed by atoms with Gasteiger partial charge in [-0.25, -0.2) is 0 Å². The largest absolute Gasteiger partial charge is 0.358 e. The van der Waals surface area contributed by atoms with E-state index in [1.165, 1.54) is 7.05 Å². The zero-order valence-electron chi connectivity index (χ0n) is 14.7. The SMILES string of the molecule is CNC(=O)C(C#N)C(=O)c1cccc(-c2noc(CC(C)(C)C)n2)c1. The van der Waals surface area contributed by atoms with Gasteiger partial charge in [-0.2, -0.15) is 10.2 Å². The van der Waals surface area contributed by atoms with Gasteiger partial charge in [0.05, 0.1) is 6.07 Å². The van der Waals surface area contributed by atoms with Gasteiger partial charge in [0.2, 0.25) is 17.6 Å².